The number of hydrogen-bond donors (Lipinski definition) is 0. The SMILES string of the molecule is Cc1ccc(CC2CC(c3ccccc3)N(Cc3ccccc3)O2)c(C)c1. The molecule has 0 spiro atoms. The van der Waals surface area contributed by atoms with E-state index in [0.717, 1.165) is 19.4 Å². The molecule has 0 saturated carbocycles. The lowest BCUT2D eigenvalue weighted by Crippen LogP contribution is -2.22. The maximum Gasteiger partial charge on any atom is 0.0853 e. The molecular formula is C25H27NO. The zero-order valence-electron chi connectivity index (χ0n) is 16.1. The summed E-state index contributed by atoms with van der Waals surface area (Å²) in [7, 11) is 0. The van der Waals surface area contributed by atoms with E-state index in [4.69, 9.17) is 4.84 Å². The van der Waals surface area contributed by atoms with Crippen LogP contribution in [0, 0.1) is 13.8 Å². The highest BCUT2D eigenvalue weighted by atomic mass is 16.7. The van der Waals surface area contributed by atoms with Crippen molar-refractivity contribution in [2.75, 3.05) is 0 Å². The highest BCUT2D eigenvalue weighted by Gasteiger charge is 2.34. The van der Waals surface area contributed by atoms with E-state index in [1.807, 2.05) is 0 Å². The van der Waals surface area contributed by atoms with Gasteiger partial charge < -0.3 is 0 Å². The Hall–Kier alpha value is -2.42. The van der Waals surface area contributed by atoms with Crippen molar-refractivity contribution in [3.05, 3.63) is 107 Å². The van der Waals surface area contributed by atoms with Crippen LogP contribution >= 0.6 is 0 Å². The number of aryl methyl sites for hydroxylation is 2. The summed E-state index contributed by atoms with van der Waals surface area (Å²) < 4.78 is 0. The molecule has 1 saturated heterocycles. The molecule has 1 aliphatic rings. The molecule has 0 N–H and O–H groups in total. The molecule has 2 heteroatoms. The average molecular weight is 357 g/mol. The van der Waals surface area contributed by atoms with E-state index >= 15 is 0 Å². The van der Waals surface area contributed by atoms with Gasteiger partial charge in [-0.1, -0.05) is 84.4 Å². The van der Waals surface area contributed by atoms with Crippen molar-refractivity contribution in [1.82, 2.24) is 5.06 Å². The number of benzene rings is 3. The fourth-order valence-corrected chi connectivity index (χ4v) is 4.00. The number of nitrogens with zero attached hydrogens (tertiary/aromatic N) is 1. The quantitative estimate of drug-likeness (QED) is 0.573. The normalized spacial score (nSPS) is 20.1. The summed E-state index contributed by atoms with van der Waals surface area (Å²) in [5, 5.41) is 2.18. The van der Waals surface area contributed by atoms with E-state index < -0.39 is 0 Å². The van der Waals surface area contributed by atoms with Gasteiger partial charge in [0.2, 0.25) is 0 Å². The fraction of sp³-hybridized carbons (Fsp3) is 0.280. The summed E-state index contributed by atoms with van der Waals surface area (Å²) in [6.45, 7) is 5.16. The monoisotopic (exact) mass is 357 g/mol. The first-order valence-electron chi connectivity index (χ1n) is 9.77. The topological polar surface area (TPSA) is 12.5 Å². The molecule has 27 heavy (non-hydrogen) atoms. The van der Waals surface area contributed by atoms with Crippen LogP contribution < -0.4 is 0 Å². The van der Waals surface area contributed by atoms with E-state index in [0.29, 0.717) is 6.04 Å². The second kappa shape index (κ2) is 8.08. The standard InChI is InChI=1S/C25H27NO/c1-19-13-14-23(20(2)15-19)16-24-17-25(22-11-7-4-8-12-22)26(27-24)18-21-9-5-3-6-10-21/h3-15,24-25H,16-18H2,1-2H3. The summed E-state index contributed by atoms with van der Waals surface area (Å²) in [6.07, 6.45) is 2.19. The van der Waals surface area contributed by atoms with Gasteiger partial charge in [-0.15, -0.1) is 0 Å². The predicted octanol–water partition coefficient (Wildman–Crippen LogP) is 5.79. The van der Waals surface area contributed by atoms with Gasteiger partial charge in [-0.05, 0) is 42.5 Å². The van der Waals surface area contributed by atoms with Crippen molar-refractivity contribution < 1.29 is 4.84 Å². The van der Waals surface area contributed by atoms with Crippen LogP contribution in [0.4, 0.5) is 0 Å². The Bertz CT molecular complexity index is 875. The third kappa shape index (κ3) is 4.29. The number of hydroxylamine groups is 2. The smallest absolute Gasteiger partial charge is 0.0853 e. The van der Waals surface area contributed by atoms with Crippen LogP contribution in [0.2, 0.25) is 0 Å². The van der Waals surface area contributed by atoms with Crippen LogP contribution in [0.1, 0.15) is 40.3 Å². The summed E-state index contributed by atoms with van der Waals surface area (Å²) in [4.78, 5) is 6.45. The lowest BCUT2D eigenvalue weighted by Gasteiger charge is -2.23. The van der Waals surface area contributed by atoms with Crippen LogP contribution in [-0.4, -0.2) is 11.2 Å². The molecule has 3 aromatic rings. The average Bonchev–Trinajstić information content (AvgIpc) is 3.08. The van der Waals surface area contributed by atoms with Crippen LogP contribution in [0.5, 0.6) is 0 Å². The van der Waals surface area contributed by atoms with E-state index in [1.54, 1.807) is 0 Å². The second-order valence-electron chi connectivity index (χ2n) is 7.58. The van der Waals surface area contributed by atoms with E-state index in [9.17, 15) is 0 Å². The van der Waals surface area contributed by atoms with Crippen molar-refractivity contribution >= 4 is 0 Å². The Balaban J connectivity index is 1.55. The molecular weight excluding hydrogens is 330 g/mol. The minimum atomic E-state index is 0.209. The maximum atomic E-state index is 6.45. The molecule has 4 rings (SSSR count). The van der Waals surface area contributed by atoms with Crippen molar-refractivity contribution in [2.24, 2.45) is 0 Å². The highest BCUT2D eigenvalue weighted by Crippen LogP contribution is 2.36. The molecule has 1 heterocycles. The molecule has 0 amide bonds. The lowest BCUT2D eigenvalue weighted by molar-refractivity contribution is -0.170. The van der Waals surface area contributed by atoms with Crippen molar-refractivity contribution in [3.8, 4) is 0 Å². The van der Waals surface area contributed by atoms with Gasteiger partial charge in [0, 0.05) is 13.0 Å². The molecule has 0 bridgehead atoms. The van der Waals surface area contributed by atoms with Gasteiger partial charge in [-0.25, -0.2) is 0 Å². The Kier molecular flexibility index (Phi) is 5.38. The Morgan fingerprint density at radius 3 is 2.30 bits per heavy atom. The van der Waals surface area contributed by atoms with Crippen molar-refractivity contribution in [3.63, 3.8) is 0 Å². The van der Waals surface area contributed by atoms with Gasteiger partial charge in [0.05, 0.1) is 12.1 Å². The van der Waals surface area contributed by atoms with Gasteiger partial charge in [-0.3, -0.25) is 4.84 Å². The zero-order valence-corrected chi connectivity index (χ0v) is 16.1. The van der Waals surface area contributed by atoms with Crippen LogP contribution in [0.25, 0.3) is 0 Å². The first-order valence-corrected chi connectivity index (χ1v) is 9.77. The van der Waals surface area contributed by atoms with Gasteiger partial charge in [0.15, 0.2) is 0 Å². The summed E-state index contributed by atoms with van der Waals surface area (Å²) in [5.41, 5.74) is 6.67. The second-order valence-corrected chi connectivity index (χ2v) is 7.58. The Morgan fingerprint density at radius 2 is 1.59 bits per heavy atom. The molecule has 2 unspecified atom stereocenters. The summed E-state index contributed by atoms with van der Waals surface area (Å²) >= 11 is 0. The van der Waals surface area contributed by atoms with E-state index in [2.05, 4.69) is 97.8 Å². The molecule has 1 aliphatic heterocycles. The van der Waals surface area contributed by atoms with E-state index in [-0.39, 0.29) is 6.10 Å². The minimum absolute atomic E-state index is 0.209. The molecule has 0 aliphatic carbocycles. The van der Waals surface area contributed by atoms with Gasteiger partial charge in [0.25, 0.3) is 0 Å². The van der Waals surface area contributed by atoms with Gasteiger partial charge in [0.1, 0.15) is 0 Å². The molecule has 0 aromatic heterocycles. The third-order valence-electron chi connectivity index (χ3n) is 5.43. The lowest BCUT2D eigenvalue weighted by atomic mass is 9.95. The summed E-state index contributed by atoms with van der Waals surface area (Å²) in [6, 6.07) is 28.3. The molecule has 2 nitrogen and oxygen atoms in total. The highest BCUT2D eigenvalue weighted by molar-refractivity contribution is 5.31. The first kappa shape index (κ1) is 18.0. The van der Waals surface area contributed by atoms with Crippen molar-refractivity contribution in [1.29, 1.82) is 0 Å². The van der Waals surface area contributed by atoms with Gasteiger partial charge in [-0.2, -0.15) is 5.06 Å². The predicted molar refractivity (Wildman–Crippen MR) is 110 cm³/mol. The Labute approximate surface area is 162 Å². The molecule has 3 aromatic carbocycles. The van der Waals surface area contributed by atoms with Crippen molar-refractivity contribution in [2.45, 2.75) is 45.4 Å². The fourth-order valence-electron chi connectivity index (χ4n) is 4.00. The third-order valence-corrected chi connectivity index (χ3v) is 5.43. The van der Waals surface area contributed by atoms with Gasteiger partial charge >= 0.3 is 0 Å². The Morgan fingerprint density at radius 1 is 0.889 bits per heavy atom. The van der Waals surface area contributed by atoms with Crippen LogP contribution in [-0.2, 0) is 17.8 Å². The van der Waals surface area contributed by atoms with E-state index in [1.165, 1.54) is 27.8 Å². The minimum Gasteiger partial charge on any atom is -0.294 e. The molecule has 2 atom stereocenters. The molecule has 0 radical (unpaired) electrons. The van der Waals surface area contributed by atoms with Crippen LogP contribution in [0.15, 0.2) is 78.9 Å². The largest absolute Gasteiger partial charge is 0.294 e. The zero-order chi connectivity index (χ0) is 18.6. The number of rotatable bonds is 5. The summed E-state index contributed by atoms with van der Waals surface area (Å²) in [5.74, 6) is 0. The first-order chi connectivity index (χ1) is 13.2. The van der Waals surface area contributed by atoms with Crippen LogP contribution in [0.3, 0.4) is 0 Å². The molecule has 138 valence electrons. The number of hydrogen-bond acceptors (Lipinski definition) is 2. The maximum absolute atomic E-state index is 6.45. The molecule has 1 fully saturated rings.